The number of amides is 1. The average Bonchev–Trinajstić information content (AvgIpc) is 2.90. The van der Waals surface area contributed by atoms with Gasteiger partial charge in [0.15, 0.2) is 0 Å². The maximum Gasteiger partial charge on any atom is 0.238 e. The molecular formula is C20H23N5O. The number of anilines is 1. The van der Waals surface area contributed by atoms with Crippen LogP contribution in [0.1, 0.15) is 28.7 Å². The number of hydrogen-bond donors (Lipinski definition) is 2. The number of carbonyl (C=O) groups excluding carboxylic acids is 1. The standard InChI is InChI=1S/C20H23N5O/c1-14-19(15(2)25(3)24-14)23-18(26)13-22-20(16-9-5-4-6-10-16)17-11-7-8-12-21-17/h4-12,20,22H,13H2,1-3H3,(H,23,26). The van der Waals surface area contributed by atoms with Crippen LogP contribution >= 0.6 is 0 Å². The molecule has 6 nitrogen and oxygen atoms in total. The Balaban J connectivity index is 1.73. The summed E-state index contributed by atoms with van der Waals surface area (Å²) in [5, 5.41) is 10.6. The molecule has 134 valence electrons. The van der Waals surface area contributed by atoms with Crippen molar-refractivity contribution in [1.29, 1.82) is 0 Å². The largest absolute Gasteiger partial charge is 0.322 e. The van der Waals surface area contributed by atoms with Crippen LogP contribution in [0, 0.1) is 13.8 Å². The molecular weight excluding hydrogens is 326 g/mol. The zero-order chi connectivity index (χ0) is 18.5. The minimum Gasteiger partial charge on any atom is -0.322 e. The average molecular weight is 349 g/mol. The molecule has 0 fully saturated rings. The quantitative estimate of drug-likeness (QED) is 0.718. The van der Waals surface area contributed by atoms with E-state index < -0.39 is 0 Å². The highest BCUT2D eigenvalue weighted by Crippen LogP contribution is 2.20. The maximum atomic E-state index is 12.5. The summed E-state index contributed by atoms with van der Waals surface area (Å²) in [5.74, 6) is -0.110. The second-order valence-corrected chi connectivity index (χ2v) is 6.20. The smallest absolute Gasteiger partial charge is 0.238 e. The molecule has 0 saturated carbocycles. The molecule has 0 saturated heterocycles. The zero-order valence-electron chi connectivity index (χ0n) is 15.2. The van der Waals surface area contributed by atoms with Crippen LogP contribution in [0.5, 0.6) is 0 Å². The molecule has 0 aliphatic carbocycles. The van der Waals surface area contributed by atoms with Gasteiger partial charge in [0.25, 0.3) is 0 Å². The Labute approximate surface area is 153 Å². The first-order chi connectivity index (χ1) is 12.6. The normalized spacial score (nSPS) is 12.0. The van der Waals surface area contributed by atoms with Gasteiger partial charge in [0.1, 0.15) is 0 Å². The molecule has 26 heavy (non-hydrogen) atoms. The molecule has 0 aliphatic rings. The lowest BCUT2D eigenvalue weighted by atomic mass is 10.0. The number of pyridine rings is 1. The van der Waals surface area contributed by atoms with Gasteiger partial charge >= 0.3 is 0 Å². The van der Waals surface area contributed by atoms with Gasteiger partial charge in [-0.3, -0.25) is 19.8 Å². The predicted octanol–water partition coefficient (Wildman–Crippen LogP) is 2.75. The number of aryl methyl sites for hydroxylation is 2. The number of benzene rings is 1. The van der Waals surface area contributed by atoms with Gasteiger partial charge < -0.3 is 5.32 Å². The van der Waals surface area contributed by atoms with Crippen LogP contribution in [-0.4, -0.2) is 27.2 Å². The Morgan fingerprint density at radius 2 is 1.85 bits per heavy atom. The summed E-state index contributed by atoms with van der Waals surface area (Å²) in [5.41, 5.74) is 4.45. The predicted molar refractivity (Wildman–Crippen MR) is 102 cm³/mol. The van der Waals surface area contributed by atoms with Crippen molar-refractivity contribution in [3.8, 4) is 0 Å². The van der Waals surface area contributed by atoms with Crippen LogP contribution in [0.2, 0.25) is 0 Å². The van der Waals surface area contributed by atoms with Crippen molar-refractivity contribution in [3.05, 3.63) is 77.4 Å². The highest BCUT2D eigenvalue weighted by molar-refractivity contribution is 5.93. The molecule has 1 aromatic carbocycles. The van der Waals surface area contributed by atoms with Gasteiger partial charge in [0.05, 0.1) is 35.4 Å². The summed E-state index contributed by atoms with van der Waals surface area (Å²) < 4.78 is 1.76. The van der Waals surface area contributed by atoms with Crippen LogP contribution in [0.25, 0.3) is 0 Å². The lowest BCUT2D eigenvalue weighted by molar-refractivity contribution is -0.115. The third-order valence-electron chi connectivity index (χ3n) is 4.36. The Hall–Kier alpha value is -2.99. The Morgan fingerprint density at radius 3 is 2.46 bits per heavy atom. The highest BCUT2D eigenvalue weighted by atomic mass is 16.1. The fourth-order valence-electron chi connectivity index (χ4n) is 2.92. The Bertz CT molecular complexity index is 834. The number of aromatic nitrogens is 3. The Morgan fingerprint density at radius 1 is 1.12 bits per heavy atom. The molecule has 1 amide bonds. The highest BCUT2D eigenvalue weighted by Gasteiger charge is 2.17. The number of rotatable bonds is 6. The van der Waals surface area contributed by atoms with Gasteiger partial charge in [0, 0.05) is 13.2 Å². The molecule has 6 heteroatoms. The van der Waals surface area contributed by atoms with Crippen LogP contribution < -0.4 is 10.6 Å². The lowest BCUT2D eigenvalue weighted by Crippen LogP contribution is -2.32. The fraction of sp³-hybridized carbons (Fsp3) is 0.250. The molecule has 2 aromatic heterocycles. The van der Waals surface area contributed by atoms with Gasteiger partial charge in [-0.25, -0.2) is 0 Å². The molecule has 0 spiro atoms. The first-order valence-electron chi connectivity index (χ1n) is 8.55. The SMILES string of the molecule is Cc1nn(C)c(C)c1NC(=O)CNC(c1ccccc1)c1ccccn1. The lowest BCUT2D eigenvalue weighted by Gasteiger charge is -2.18. The van der Waals surface area contributed by atoms with E-state index in [4.69, 9.17) is 0 Å². The maximum absolute atomic E-state index is 12.5. The van der Waals surface area contributed by atoms with Crippen molar-refractivity contribution >= 4 is 11.6 Å². The molecule has 0 radical (unpaired) electrons. The van der Waals surface area contributed by atoms with E-state index in [0.29, 0.717) is 0 Å². The molecule has 2 heterocycles. The first kappa shape index (κ1) is 17.8. The topological polar surface area (TPSA) is 71.8 Å². The van der Waals surface area contributed by atoms with E-state index in [1.54, 1.807) is 10.9 Å². The zero-order valence-corrected chi connectivity index (χ0v) is 15.2. The molecule has 3 rings (SSSR count). The first-order valence-corrected chi connectivity index (χ1v) is 8.55. The molecule has 0 aliphatic heterocycles. The van der Waals surface area contributed by atoms with Gasteiger partial charge in [-0.2, -0.15) is 5.10 Å². The van der Waals surface area contributed by atoms with Crippen LogP contribution in [0.4, 0.5) is 5.69 Å². The minimum absolute atomic E-state index is 0.110. The monoisotopic (exact) mass is 349 g/mol. The van der Waals surface area contributed by atoms with E-state index >= 15 is 0 Å². The van der Waals surface area contributed by atoms with Crippen LogP contribution in [0.3, 0.4) is 0 Å². The minimum atomic E-state index is -0.153. The third-order valence-corrected chi connectivity index (χ3v) is 4.36. The van der Waals surface area contributed by atoms with E-state index in [-0.39, 0.29) is 18.5 Å². The van der Waals surface area contributed by atoms with Crippen molar-refractivity contribution in [2.24, 2.45) is 7.05 Å². The number of nitrogens with zero attached hydrogens (tertiary/aromatic N) is 3. The van der Waals surface area contributed by atoms with Gasteiger partial charge in [-0.15, -0.1) is 0 Å². The van der Waals surface area contributed by atoms with E-state index in [0.717, 1.165) is 28.3 Å². The van der Waals surface area contributed by atoms with Gasteiger partial charge in [-0.05, 0) is 31.5 Å². The van der Waals surface area contributed by atoms with Crippen LogP contribution in [-0.2, 0) is 11.8 Å². The fourth-order valence-corrected chi connectivity index (χ4v) is 2.92. The summed E-state index contributed by atoms with van der Waals surface area (Å²) in [6, 6.07) is 15.6. The van der Waals surface area contributed by atoms with Crippen molar-refractivity contribution < 1.29 is 4.79 Å². The van der Waals surface area contributed by atoms with E-state index in [9.17, 15) is 4.79 Å². The van der Waals surface area contributed by atoms with Crippen molar-refractivity contribution in [2.45, 2.75) is 19.9 Å². The van der Waals surface area contributed by atoms with Gasteiger partial charge in [0.2, 0.25) is 5.91 Å². The number of nitrogens with one attached hydrogen (secondary N) is 2. The van der Waals surface area contributed by atoms with Gasteiger partial charge in [-0.1, -0.05) is 36.4 Å². The summed E-state index contributed by atoms with van der Waals surface area (Å²) in [6.45, 7) is 3.99. The molecule has 1 atom stereocenters. The Kier molecular flexibility index (Phi) is 5.43. The molecule has 2 N–H and O–H groups in total. The summed E-state index contributed by atoms with van der Waals surface area (Å²) in [6.07, 6.45) is 1.76. The second kappa shape index (κ2) is 7.93. The third kappa shape index (κ3) is 3.97. The summed E-state index contributed by atoms with van der Waals surface area (Å²) in [7, 11) is 1.86. The molecule has 0 bridgehead atoms. The van der Waals surface area contributed by atoms with E-state index in [1.807, 2.05) is 69.4 Å². The van der Waals surface area contributed by atoms with E-state index in [2.05, 4.69) is 20.7 Å². The van der Waals surface area contributed by atoms with E-state index in [1.165, 1.54) is 0 Å². The summed E-state index contributed by atoms with van der Waals surface area (Å²) >= 11 is 0. The molecule has 3 aromatic rings. The summed E-state index contributed by atoms with van der Waals surface area (Å²) in [4.78, 5) is 16.9. The number of hydrogen-bond acceptors (Lipinski definition) is 4. The second-order valence-electron chi connectivity index (χ2n) is 6.20. The van der Waals surface area contributed by atoms with Crippen LogP contribution in [0.15, 0.2) is 54.7 Å². The van der Waals surface area contributed by atoms with Crippen molar-refractivity contribution in [1.82, 2.24) is 20.1 Å². The van der Waals surface area contributed by atoms with Crippen molar-refractivity contribution in [3.63, 3.8) is 0 Å². The number of carbonyl (C=O) groups is 1. The van der Waals surface area contributed by atoms with Crippen molar-refractivity contribution in [2.75, 3.05) is 11.9 Å². The molecule has 1 unspecified atom stereocenters.